The van der Waals surface area contributed by atoms with Gasteiger partial charge in [-0.1, -0.05) is 29.8 Å². The summed E-state index contributed by atoms with van der Waals surface area (Å²) >= 11 is 6.08. The van der Waals surface area contributed by atoms with Gasteiger partial charge in [-0.25, -0.2) is 0 Å². The van der Waals surface area contributed by atoms with Crippen molar-refractivity contribution in [3.8, 4) is 11.3 Å². The second-order valence-corrected chi connectivity index (χ2v) is 3.93. The molecule has 2 aromatic rings. The van der Waals surface area contributed by atoms with Crippen molar-refractivity contribution < 1.29 is 0 Å². The molecule has 1 heterocycles. The van der Waals surface area contributed by atoms with Gasteiger partial charge in [0.25, 0.3) is 5.56 Å². The van der Waals surface area contributed by atoms with Gasteiger partial charge < -0.3 is 10.3 Å². The molecule has 0 saturated heterocycles. The van der Waals surface area contributed by atoms with Crippen LogP contribution in [0.1, 0.15) is 0 Å². The Morgan fingerprint density at radius 2 is 1.88 bits per heavy atom. The zero-order valence-corrected chi connectivity index (χ0v) is 9.53. The molecule has 1 aromatic heterocycles. The first kappa shape index (κ1) is 10.8. The van der Waals surface area contributed by atoms with Gasteiger partial charge in [0, 0.05) is 17.6 Å². The van der Waals surface area contributed by atoms with E-state index < -0.39 is 0 Å². The predicted molar refractivity (Wildman–Crippen MR) is 66.5 cm³/mol. The summed E-state index contributed by atoms with van der Waals surface area (Å²) in [5.41, 5.74) is 7.14. The maximum absolute atomic E-state index is 11.7. The molecule has 0 unspecified atom stereocenters. The van der Waals surface area contributed by atoms with Crippen LogP contribution in [0.4, 0.5) is 5.69 Å². The van der Waals surface area contributed by atoms with Crippen molar-refractivity contribution in [2.24, 2.45) is 7.05 Å². The molecule has 0 radical (unpaired) electrons. The van der Waals surface area contributed by atoms with E-state index in [1.807, 2.05) is 18.2 Å². The number of anilines is 1. The summed E-state index contributed by atoms with van der Waals surface area (Å²) < 4.78 is 1.50. The molecular formula is C12H11ClN2O. The second-order valence-electron chi connectivity index (χ2n) is 3.52. The predicted octanol–water partition coefficient (Wildman–Crippen LogP) is 2.29. The SMILES string of the molecule is Cn1c(-c2ccccc2Cl)ccc(N)c1=O. The van der Waals surface area contributed by atoms with Gasteiger partial charge in [0.2, 0.25) is 0 Å². The van der Waals surface area contributed by atoms with Crippen molar-refractivity contribution in [1.82, 2.24) is 4.57 Å². The number of nitrogen functional groups attached to an aromatic ring is 1. The third-order valence-electron chi connectivity index (χ3n) is 2.48. The Morgan fingerprint density at radius 1 is 1.19 bits per heavy atom. The number of benzene rings is 1. The lowest BCUT2D eigenvalue weighted by Gasteiger charge is -2.10. The highest BCUT2D eigenvalue weighted by Gasteiger charge is 2.07. The van der Waals surface area contributed by atoms with E-state index in [4.69, 9.17) is 17.3 Å². The van der Waals surface area contributed by atoms with E-state index in [-0.39, 0.29) is 11.2 Å². The fourth-order valence-corrected chi connectivity index (χ4v) is 1.83. The number of hydrogen-bond donors (Lipinski definition) is 1. The number of aromatic nitrogens is 1. The molecule has 4 heteroatoms. The molecule has 1 aromatic carbocycles. The van der Waals surface area contributed by atoms with E-state index >= 15 is 0 Å². The van der Waals surface area contributed by atoms with Crippen LogP contribution in [0.15, 0.2) is 41.2 Å². The van der Waals surface area contributed by atoms with Gasteiger partial charge in [-0.3, -0.25) is 4.79 Å². The first-order valence-electron chi connectivity index (χ1n) is 4.81. The summed E-state index contributed by atoms with van der Waals surface area (Å²) in [5, 5.41) is 0.613. The molecule has 2 N–H and O–H groups in total. The molecular weight excluding hydrogens is 224 g/mol. The molecule has 0 aliphatic heterocycles. The second kappa shape index (κ2) is 4.02. The lowest BCUT2D eigenvalue weighted by Crippen LogP contribution is -2.21. The Bertz CT molecular complexity index is 590. The number of nitrogens with zero attached hydrogens (tertiary/aromatic N) is 1. The van der Waals surface area contributed by atoms with Crippen molar-refractivity contribution in [3.63, 3.8) is 0 Å². The maximum Gasteiger partial charge on any atom is 0.273 e. The van der Waals surface area contributed by atoms with Crippen molar-refractivity contribution >= 4 is 17.3 Å². The van der Waals surface area contributed by atoms with Crippen molar-refractivity contribution in [2.45, 2.75) is 0 Å². The molecule has 0 aliphatic rings. The van der Waals surface area contributed by atoms with E-state index in [1.54, 1.807) is 25.2 Å². The van der Waals surface area contributed by atoms with Crippen LogP contribution in [-0.4, -0.2) is 4.57 Å². The van der Waals surface area contributed by atoms with Gasteiger partial charge in [-0.05, 0) is 18.2 Å². The van der Waals surface area contributed by atoms with Gasteiger partial charge in [-0.2, -0.15) is 0 Å². The van der Waals surface area contributed by atoms with Crippen LogP contribution in [0, 0.1) is 0 Å². The molecule has 82 valence electrons. The van der Waals surface area contributed by atoms with Crippen LogP contribution in [0.25, 0.3) is 11.3 Å². The minimum Gasteiger partial charge on any atom is -0.394 e. The summed E-state index contributed by atoms with van der Waals surface area (Å²) in [6.45, 7) is 0. The third kappa shape index (κ3) is 1.70. The van der Waals surface area contributed by atoms with E-state index in [0.717, 1.165) is 11.3 Å². The fraction of sp³-hybridized carbons (Fsp3) is 0.0833. The van der Waals surface area contributed by atoms with E-state index in [0.29, 0.717) is 5.02 Å². The van der Waals surface area contributed by atoms with Crippen molar-refractivity contribution in [1.29, 1.82) is 0 Å². The van der Waals surface area contributed by atoms with Crippen molar-refractivity contribution in [3.05, 3.63) is 51.8 Å². The Kier molecular flexibility index (Phi) is 2.71. The van der Waals surface area contributed by atoms with E-state index in [1.165, 1.54) is 4.57 Å². The molecule has 0 aliphatic carbocycles. The third-order valence-corrected chi connectivity index (χ3v) is 2.81. The first-order chi connectivity index (χ1) is 7.61. The van der Waals surface area contributed by atoms with Crippen LogP contribution < -0.4 is 11.3 Å². The monoisotopic (exact) mass is 234 g/mol. The maximum atomic E-state index is 11.7. The summed E-state index contributed by atoms with van der Waals surface area (Å²) in [5.74, 6) is 0. The average Bonchev–Trinajstić information content (AvgIpc) is 2.28. The number of halogens is 1. The van der Waals surface area contributed by atoms with Gasteiger partial charge in [-0.15, -0.1) is 0 Å². The quantitative estimate of drug-likeness (QED) is 0.823. The van der Waals surface area contributed by atoms with Crippen molar-refractivity contribution in [2.75, 3.05) is 5.73 Å². The lowest BCUT2D eigenvalue weighted by atomic mass is 10.1. The Hall–Kier alpha value is -1.74. The topological polar surface area (TPSA) is 48.0 Å². The normalized spacial score (nSPS) is 10.4. The van der Waals surface area contributed by atoms with Crippen LogP contribution in [0.2, 0.25) is 5.02 Å². The van der Waals surface area contributed by atoms with Crippen LogP contribution >= 0.6 is 11.6 Å². The van der Waals surface area contributed by atoms with Gasteiger partial charge >= 0.3 is 0 Å². The summed E-state index contributed by atoms with van der Waals surface area (Å²) in [4.78, 5) is 11.7. The highest BCUT2D eigenvalue weighted by atomic mass is 35.5. The number of hydrogen-bond acceptors (Lipinski definition) is 2. The molecule has 0 saturated carbocycles. The highest BCUT2D eigenvalue weighted by molar-refractivity contribution is 6.33. The zero-order valence-electron chi connectivity index (χ0n) is 8.77. The highest BCUT2D eigenvalue weighted by Crippen LogP contribution is 2.26. The molecule has 16 heavy (non-hydrogen) atoms. The molecule has 0 fully saturated rings. The van der Waals surface area contributed by atoms with E-state index in [2.05, 4.69) is 0 Å². The fourth-order valence-electron chi connectivity index (χ4n) is 1.59. The molecule has 0 bridgehead atoms. The molecule has 3 nitrogen and oxygen atoms in total. The first-order valence-corrected chi connectivity index (χ1v) is 5.19. The molecule has 2 rings (SSSR count). The standard InChI is InChI=1S/C12H11ClN2O/c1-15-11(7-6-10(14)12(15)16)8-4-2-3-5-9(8)13/h2-7H,14H2,1H3. The van der Waals surface area contributed by atoms with E-state index in [9.17, 15) is 4.79 Å². The van der Waals surface area contributed by atoms with Crippen LogP contribution in [-0.2, 0) is 7.05 Å². The van der Waals surface area contributed by atoms with Gasteiger partial charge in [0.15, 0.2) is 0 Å². The van der Waals surface area contributed by atoms with Gasteiger partial charge in [0.05, 0.1) is 11.4 Å². The smallest absolute Gasteiger partial charge is 0.273 e. The van der Waals surface area contributed by atoms with Crippen LogP contribution in [0.3, 0.4) is 0 Å². The Balaban J connectivity index is 2.71. The number of pyridine rings is 1. The Morgan fingerprint density at radius 3 is 2.56 bits per heavy atom. The number of rotatable bonds is 1. The van der Waals surface area contributed by atoms with Crippen LogP contribution in [0.5, 0.6) is 0 Å². The zero-order chi connectivity index (χ0) is 11.7. The average molecular weight is 235 g/mol. The Labute approximate surface area is 98.1 Å². The molecule has 0 amide bonds. The summed E-state index contributed by atoms with van der Waals surface area (Å²) in [6.07, 6.45) is 0. The largest absolute Gasteiger partial charge is 0.394 e. The minimum absolute atomic E-state index is 0.211. The number of nitrogens with two attached hydrogens (primary N) is 1. The summed E-state index contributed by atoms with van der Waals surface area (Å²) in [7, 11) is 1.68. The molecule has 0 atom stereocenters. The van der Waals surface area contributed by atoms with Gasteiger partial charge in [0.1, 0.15) is 0 Å². The lowest BCUT2D eigenvalue weighted by molar-refractivity contribution is 0.874. The minimum atomic E-state index is -0.211. The summed E-state index contributed by atoms with van der Waals surface area (Å²) in [6, 6.07) is 10.8. The molecule has 0 spiro atoms.